The molecule has 2 aromatic rings. The van der Waals surface area contributed by atoms with Crippen LogP contribution in [0, 0.1) is 0 Å². The highest BCUT2D eigenvalue weighted by molar-refractivity contribution is 9.10. The third-order valence-corrected chi connectivity index (χ3v) is 5.28. The number of carbonyl (C=O) groups excluding carboxylic acids is 1. The first-order valence-electron chi connectivity index (χ1n) is 8.11. The number of nitrogens with one attached hydrogen (secondary N) is 1. The Bertz CT molecular complexity index is 657. The highest BCUT2D eigenvalue weighted by atomic mass is 79.9. The van der Waals surface area contributed by atoms with E-state index in [0.717, 1.165) is 42.7 Å². The molecule has 0 radical (unpaired) electrons. The topological polar surface area (TPSA) is 41.6 Å². The molecule has 1 aromatic carbocycles. The summed E-state index contributed by atoms with van der Waals surface area (Å²) < 4.78 is 6.70. The first-order chi connectivity index (χ1) is 11.7. The van der Waals surface area contributed by atoms with Gasteiger partial charge in [0.05, 0.1) is 12.6 Å². The Hall–Kier alpha value is -1.21. The Kier molecular flexibility index (Phi) is 6.43. The van der Waals surface area contributed by atoms with Gasteiger partial charge >= 0.3 is 0 Å². The Balaban J connectivity index is 1.60. The Morgan fingerprint density at radius 2 is 2.29 bits per heavy atom. The Labute approximate surface area is 154 Å². The minimum atomic E-state index is 0.00246. The van der Waals surface area contributed by atoms with E-state index in [2.05, 4.69) is 37.6 Å². The molecule has 1 fully saturated rings. The van der Waals surface area contributed by atoms with E-state index in [-0.39, 0.29) is 12.0 Å². The molecule has 0 aliphatic carbocycles. The first-order valence-corrected chi connectivity index (χ1v) is 9.78. The third kappa shape index (κ3) is 5.41. The summed E-state index contributed by atoms with van der Waals surface area (Å²) in [6.45, 7) is 2.78. The summed E-state index contributed by atoms with van der Waals surface area (Å²) in [6, 6.07) is 11.8. The minimum Gasteiger partial charge on any atom is -0.377 e. The lowest BCUT2D eigenvalue weighted by molar-refractivity contribution is -0.117. The van der Waals surface area contributed by atoms with E-state index >= 15 is 0 Å². The van der Waals surface area contributed by atoms with E-state index in [4.69, 9.17) is 4.74 Å². The number of anilines is 1. The first kappa shape index (κ1) is 17.6. The molecular formula is C18H21BrN2O2S. The average molecular weight is 409 g/mol. The van der Waals surface area contributed by atoms with Crippen molar-refractivity contribution >= 4 is 38.9 Å². The van der Waals surface area contributed by atoms with Gasteiger partial charge < -0.3 is 10.1 Å². The number of amides is 1. The minimum absolute atomic E-state index is 0.00246. The second kappa shape index (κ2) is 8.76. The lowest BCUT2D eigenvalue weighted by Crippen LogP contribution is -2.37. The molecule has 2 heterocycles. The van der Waals surface area contributed by atoms with Gasteiger partial charge in [-0.15, -0.1) is 11.3 Å². The summed E-state index contributed by atoms with van der Waals surface area (Å²) in [5, 5.41) is 5.04. The molecule has 1 amide bonds. The summed E-state index contributed by atoms with van der Waals surface area (Å²) >= 11 is 5.15. The molecular weight excluding hydrogens is 388 g/mol. The maximum absolute atomic E-state index is 12.4. The molecule has 1 unspecified atom stereocenters. The summed E-state index contributed by atoms with van der Waals surface area (Å²) in [6.07, 6.45) is 2.43. The van der Waals surface area contributed by atoms with Crippen molar-refractivity contribution in [2.45, 2.75) is 25.5 Å². The van der Waals surface area contributed by atoms with E-state index in [1.807, 2.05) is 30.3 Å². The number of hydrogen-bond acceptors (Lipinski definition) is 4. The van der Waals surface area contributed by atoms with Crippen LogP contribution < -0.4 is 5.32 Å². The van der Waals surface area contributed by atoms with Gasteiger partial charge in [0.2, 0.25) is 5.91 Å². The lowest BCUT2D eigenvalue weighted by Gasteiger charge is -2.24. The highest BCUT2D eigenvalue weighted by Crippen LogP contribution is 2.18. The molecule has 1 aliphatic rings. The summed E-state index contributed by atoms with van der Waals surface area (Å²) in [5.74, 6) is 0.00246. The van der Waals surface area contributed by atoms with E-state index in [0.29, 0.717) is 6.54 Å². The van der Waals surface area contributed by atoms with Crippen LogP contribution in [0.4, 0.5) is 5.69 Å². The van der Waals surface area contributed by atoms with Crippen LogP contribution in [0.2, 0.25) is 0 Å². The van der Waals surface area contributed by atoms with Gasteiger partial charge in [0.1, 0.15) is 0 Å². The van der Waals surface area contributed by atoms with Crippen LogP contribution in [0.5, 0.6) is 0 Å². The number of thiophene rings is 1. The maximum atomic E-state index is 12.4. The quantitative estimate of drug-likeness (QED) is 0.748. The summed E-state index contributed by atoms with van der Waals surface area (Å²) in [7, 11) is 0. The van der Waals surface area contributed by atoms with Crippen LogP contribution in [0.15, 0.2) is 46.3 Å². The number of halogens is 1. The van der Waals surface area contributed by atoms with Gasteiger partial charge in [-0.25, -0.2) is 0 Å². The van der Waals surface area contributed by atoms with Gasteiger partial charge in [-0.3, -0.25) is 9.69 Å². The molecule has 128 valence electrons. The maximum Gasteiger partial charge on any atom is 0.238 e. The van der Waals surface area contributed by atoms with E-state index in [9.17, 15) is 4.79 Å². The largest absolute Gasteiger partial charge is 0.377 e. The highest BCUT2D eigenvalue weighted by Gasteiger charge is 2.21. The van der Waals surface area contributed by atoms with Gasteiger partial charge in [0.15, 0.2) is 0 Å². The van der Waals surface area contributed by atoms with Crippen LogP contribution in [-0.4, -0.2) is 36.6 Å². The van der Waals surface area contributed by atoms with E-state index in [1.54, 1.807) is 11.3 Å². The van der Waals surface area contributed by atoms with Crippen molar-refractivity contribution in [2.75, 3.05) is 25.0 Å². The van der Waals surface area contributed by atoms with Crippen molar-refractivity contribution in [3.8, 4) is 0 Å². The van der Waals surface area contributed by atoms with E-state index in [1.165, 1.54) is 4.88 Å². The van der Waals surface area contributed by atoms with Crippen LogP contribution in [0.3, 0.4) is 0 Å². The summed E-state index contributed by atoms with van der Waals surface area (Å²) in [4.78, 5) is 15.9. The molecule has 1 N–H and O–H groups in total. The van der Waals surface area contributed by atoms with Crippen LogP contribution in [0.25, 0.3) is 0 Å². The molecule has 0 saturated carbocycles. The fourth-order valence-electron chi connectivity index (χ4n) is 2.85. The average Bonchev–Trinajstić information content (AvgIpc) is 3.21. The van der Waals surface area contributed by atoms with Crippen LogP contribution >= 0.6 is 27.3 Å². The van der Waals surface area contributed by atoms with Crippen molar-refractivity contribution in [1.29, 1.82) is 0 Å². The second-order valence-corrected chi connectivity index (χ2v) is 7.89. The smallest absolute Gasteiger partial charge is 0.238 e. The number of rotatable bonds is 7. The Morgan fingerprint density at radius 1 is 1.38 bits per heavy atom. The molecule has 1 aromatic heterocycles. The van der Waals surface area contributed by atoms with Crippen LogP contribution in [0.1, 0.15) is 17.7 Å². The molecule has 0 spiro atoms. The fourth-order valence-corrected chi connectivity index (χ4v) is 4.00. The molecule has 1 saturated heterocycles. The number of nitrogens with zero attached hydrogens (tertiary/aromatic N) is 1. The van der Waals surface area contributed by atoms with Gasteiger partial charge in [0, 0.05) is 34.7 Å². The lowest BCUT2D eigenvalue weighted by atomic mass is 10.2. The predicted octanol–water partition coefficient (Wildman–Crippen LogP) is 4.13. The normalized spacial score (nSPS) is 17.3. The third-order valence-electron chi connectivity index (χ3n) is 3.92. The fraction of sp³-hybridized carbons (Fsp3) is 0.389. The molecule has 6 heteroatoms. The van der Waals surface area contributed by atoms with Gasteiger partial charge in [0.25, 0.3) is 0 Å². The molecule has 24 heavy (non-hydrogen) atoms. The zero-order valence-corrected chi connectivity index (χ0v) is 15.8. The molecule has 4 nitrogen and oxygen atoms in total. The Morgan fingerprint density at radius 3 is 3.00 bits per heavy atom. The van der Waals surface area contributed by atoms with E-state index < -0.39 is 0 Å². The predicted molar refractivity (Wildman–Crippen MR) is 101 cm³/mol. The molecule has 1 atom stereocenters. The molecule has 1 aliphatic heterocycles. The monoisotopic (exact) mass is 408 g/mol. The van der Waals surface area contributed by atoms with Crippen molar-refractivity contribution in [2.24, 2.45) is 0 Å². The van der Waals surface area contributed by atoms with Crippen LogP contribution in [-0.2, 0) is 16.1 Å². The number of benzene rings is 1. The second-order valence-electron chi connectivity index (χ2n) is 5.94. The van der Waals surface area contributed by atoms with Gasteiger partial charge in [-0.2, -0.15) is 0 Å². The van der Waals surface area contributed by atoms with Gasteiger partial charge in [-0.05, 0) is 42.5 Å². The van der Waals surface area contributed by atoms with Crippen molar-refractivity contribution in [3.63, 3.8) is 0 Å². The standard InChI is InChI=1S/C18H21BrN2O2S/c19-14-4-1-5-15(10-14)20-18(22)13-21(11-16-6-2-8-23-16)12-17-7-3-9-24-17/h1,3-5,7,9-10,16H,2,6,8,11-13H2,(H,20,22). The number of carbonyl (C=O) groups is 1. The SMILES string of the molecule is O=C(CN(Cc1cccs1)CC1CCCO1)Nc1cccc(Br)c1. The molecule has 3 rings (SSSR count). The van der Waals surface area contributed by atoms with Gasteiger partial charge in [-0.1, -0.05) is 28.1 Å². The number of ether oxygens (including phenoxy) is 1. The summed E-state index contributed by atoms with van der Waals surface area (Å²) in [5.41, 5.74) is 0.808. The van der Waals surface area contributed by atoms with Crippen molar-refractivity contribution in [1.82, 2.24) is 4.90 Å². The number of hydrogen-bond donors (Lipinski definition) is 1. The zero-order chi connectivity index (χ0) is 16.8. The zero-order valence-electron chi connectivity index (χ0n) is 13.4. The van der Waals surface area contributed by atoms with Crippen molar-refractivity contribution < 1.29 is 9.53 Å². The molecule has 0 bridgehead atoms. The van der Waals surface area contributed by atoms with Crippen molar-refractivity contribution in [3.05, 3.63) is 51.1 Å².